The molecule has 5 nitrogen and oxygen atoms in total. The van der Waals surface area contributed by atoms with E-state index in [1.807, 2.05) is 0 Å². The van der Waals surface area contributed by atoms with E-state index in [0.29, 0.717) is 18.2 Å². The lowest BCUT2D eigenvalue weighted by Gasteiger charge is -2.34. The third-order valence-electron chi connectivity index (χ3n) is 3.12. The molecule has 0 spiro atoms. The molecule has 1 aromatic heterocycles. The van der Waals surface area contributed by atoms with Gasteiger partial charge < -0.3 is 9.32 Å². The van der Waals surface area contributed by atoms with E-state index in [-0.39, 0.29) is 17.3 Å². The van der Waals surface area contributed by atoms with E-state index < -0.39 is 15.2 Å². The van der Waals surface area contributed by atoms with E-state index in [2.05, 4.69) is 0 Å². The molecule has 1 unspecified atom stereocenters. The van der Waals surface area contributed by atoms with E-state index in [0.717, 1.165) is 5.75 Å². The largest absolute Gasteiger partial charge is 0.437 e. The molecular formula is C12H17NO4S2. The molecule has 106 valence electrons. The van der Waals surface area contributed by atoms with Crippen molar-refractivity contribution in [3.8, 4) is 0 Å². The zero-order valence-corrected chi connectivity index (χ0v) is 12.6. The molecule has 19 heavy (non-hydrogen) atoms. The molecule has 1 aliphatic heterocycles. The Hall–Kier alpha value is -0.950. The molecule has 0 saturated carbocycles. The summed E-state index contributed by atoms with van der Waals surface area (Å²) in [4.78, 5) is 13.0. The molecule has 0 radical (unpaired) electrons. The highest BCUT2D eigenvalue weighted by atomic mass is 32.2. The number of nitrogens with zero attached hydrogens (tertiary/aromatic N) is 1. The summed E-state index contributed by atoms with van der Waals surface area (Å²) in [5.41, 5.74) is 0. The number of hydrogen-bond acceptors (Lipinski definition) is 6. The monoisotopic (exact) mass is 303 g/mol. The molecule has 1 saturated heterocycles. The van der Waals surface area contributed by atoms with Gasteiger partial charge in [-0.25, -0.2) is 8.42 Å². The SMILES string of the molecule is CCS(=O)(=O)C1CSCCN1c1ccc(C(C)=O)o1. The maximum absolute atomic E-state index is 12.1. The Kier molecular flexibility index (Phi) is 4.25. The molecule has 0 aromatic carbocycles. The highest BCUT2D eigenvalue weighted by Gasteiger charge is 2.34. The van der Waals surface area contributed by atoms with Gasteiger partial charge in [0.2, 0.25) is 0 Å². The van der Waals surface area contributed by atoms with Gasteiger partial charge in [0, 0.05) is 36.8 Å². The lowest BCUT2D eigenvalue weighted by atomic mass is 10.3. The Bertz CT molecular complexity index is 564. The van der Waals surface area contributed by atoms with Crippen molar-refractivity contribution < 1.29 is 17.6 Å². The zero-order valence-electron chi connectivity index (χ0n) is 11.0. The number of ketones is 1. The fourth-order valence-electron chi connectivity index (χ4n) is 1.99. The van der Waals surface area contributed by atoms with Crippen LogP contribution in [-0.2, 0) is 9.84 Å². The van der Waals surface area contributed by atoms with Crippen LogP contribution in [-0.4, -0.2) is 43.4 Å². The van der Waals surface area contributed by atoms with E-state index in [9.17, 15) is 13.2 Å². The normalized spacial score (nSPS) is 20.5. The average Bonchev–Trinajstić information content (AvgIpc) is 2.88. The molecule has 0 amide bonds. The Morgan fingerprint density at radius 2 is 2.26 bits per heavy atom. The maximum atomic E-state index is 12.1. The number of sulfone groups is 1. The summed E-state index contributed by atoms with van der Waals surface area (Å²) in [6.45, 7) is 3.68. The number of thioether (sulfide) groups is 1. The molecule has 1 fully saturated rings. The van der Waals surface area contributed by atoms with Crippen molar-refractivity contribution in [2.45, 2.75) is 19.2 Å². The van der Waals surface area contributed by atoms with Gasteiger partial charge in [0.25, 0.3) is 0 Å². The van der Waals surface area contributed by atoms with Crippen molar-refractivity contribution in [2.24, 2.45) is 0 Å². The fraction of sp³-hybridized carbons (Fsp3) is 0.583. The quantitative estimate of drug-likeness (QED) is 0.790. The van der Waals surface area contributed by atoms with E-state index in [1.165, 1.54) is 6.92 Å². The van der Waals surface area contributed by atoms with Gasteiger partial charge >= 0.3 is 0 Å². The first-order valence-corrected chi connectivity index (χ1v) is 8.99. The first-order chi connectivity index (χ1) is 8.95. The molecule has 1 atom stereocenters. The molecular weight excluding hydrogens is 286 g/mol. The second kappa shape index (κ2) is 5.58. The highest BCUT2D eigenvalue weighted by molar-refractivity contribution is 8.01. The molecule has 2 rings (SSSR count). The summed E-state index contributed by atoms with van der Waals surface area (Å²) >= 11 is 1.63. The number of carbonyl (C=O) groups excluding carboxylic acids is 1. The Morgan fingerprint density at radius 3 is 2.84 bits per heavy atom. The summed E-state index contributed by atoms with van der Waals surface area (Å²) < 4.78 is 29.7. The minimum Gasteiger partial charge on any atom is -0.437 e. The summed E-state index contributed by atoms with van der Waals surface area (Å²) in [5, 5.41) is -0.567. The van der Waals surface area contributed by atoms with Crippen LogP contribution in [0.3, 0.4) is 0 Å². The van der Waals surface area contributed by atoms with Gasteiger partial charge in [0.1, 0.15) is 5.37 Å². The molecule has 1 aliphatic rings. The minimum atomic E-state index is -3.17. The van der Waals surface area contributed by atoms with Gasteiger partial charge in [-0.05, 0) is 6.07 Å². The van der Waals surface area contributed by atoms with Crippen molar-refractivity contribution in [2.75, 3.05) is 28.7 Å². The lowest BCUT2D eigenvalue weighted by Crippen LogP contribution is -2.47. The van der Waals surface area contributed by atoms with Crippen molar-refractivity contribution in [3.63, 3.8) is 0 Å². The van der Waals surface area contributed by atoms with Crippen LogP contribution >= 0.6 is 11.8 Å². The van der Waals surface area contributed by atoms with Gasteiger partial charge in [-0.15, -0.1) is 0 Å². The van der Waals surface area contributed by atoms with Crippen LogP contribution in [0.2, 0.25) is 0 Å². The Morgan fingerprint density at radius 1 is 1.53 bits per heavy atom. The second-order valence-corrected chi connectivity index (χ2v) is 7.97. The van der Waals surface area contributed by atoms with Gasteiger partial charge in [0.05, 0.1) is 0 Å². The van der Waals surface area contributed by atoms with Gasteiger partial charge in [-0.1, -0.05) is 6.92 Å². The Balaban J connectivity index is 2.31. The van der Waals surface area contributed by atoms with Crippen LogP contribution in [0, 0.1) is 0 Å². The van der Waals surface area contributed by atoms with Crippen LogP contribution in [0.5, 0.6) is 0 Å². The van der Waals surface area contributed by atoms with Gasteiger partial charge in [0.15, 0.2) is 27.3 Å². The van der Waals surface area contributed by atoms with Crippen LogP contribution in [0.15, 0.2) is 16.5 Å². The van der Waals surface area contributed by atoms with Crippen LogP contribution in [0.1, 0.15) is 24.4 Å². The topological polar surface area (TPSA) is 67.6 Å². The molecule has 0 N–H and O–H groups in total. The third-order valence-corrected chi connectivity index (χ3v) is 6.41. The van der Waals surface area contributed by atoms with Crippen molar-refractivity contribution >= 4 is 33.3 Å². The van der Waals surface area contributed by atoms with Gasteiger partial charge in [-0.2, -0.15) is 11.8 Å². The number of carbonyl (C=O) groups is 1. The van der Waals surface area contributed by atoms with Crippen LogP contribution in [0.25, 0.3) is 0 Å². The first-order valence-electron chi connectivity index (χ1n) is 6.12. The first kappa shape index (κ1) is 14.5. The van der Waals surface area contributed by atoms with Gasteiger partial charge in [-0.3, -0.25) is 4.79 Å². The average molecular weight is 303 g/mol. The number of Topliss-reactive ketones (excluding diaryl/α,β-unsaturated/α-hetero) is 1. The molecule has 0 bridgehead atoms. The summed E-state index contributed by atoms with van der Waals surface area (Å²) in [6.07, 6.45) is 0. The molecule has 7 heteroatoms. The van der Waals surface area contributed by atoms with E-state index >= 15 is 0 Å². The standard InChI is InChI=1S/C12H17NO4S2/c1-3-19(15,16)12-8-18-7-6-13(12)11-5-4-10(17-11)9(2)14/h4-5,12H,3,6-8H2,1-2H3. The molecule has 1 aromatic rings. The summed E-state index contributed by atoms with van der Waals surface area (Å²) in [5.74, 6) is 2.06. The minimum absolute atomic E-state index is 0.106. The number of anilines is 1. The summed E-state index contributed by atoms with van der Waals surface area (Å²) in [7, 11) is -3.17. The van der Waals surface area contributed by atoms with E-state index in [1.54, 1.807) is 35.7 Å². The number of hydrogen-bond donors (Lipinski definition) is 0. The molecule has 0 aliphatic carbocycles. The fourth-order valence-corrected chi connectivity index (χ4v) is 4.97. The smallest absolute Gasteiger partial charge is 0.197 e. The Labute approximate surface area is 117 Å². The number of furan rings is 1. The van der Waals surface area contributed by atoms with Crippen molar-refractivity contribution in [1.82, 2.24) is 0 Å². The van der Waals surface area contributed by atoms with Crippen LogP contribution < -0.4 is 4.90 Å². The molecule has 2 heterocycles. The van der Waals surface area contributed by atoms with Crippen molar-refractivity contribution in [1.29, 1.82) is 0 Å². The zero-order chi connectivity index (χ0) is 14.0. The predicted molar refractivity (Wildman–Crippen MR) is 76.6 cm³/mol. The summed E-state index contributed by atoms with van der Waals surface area (Å²) in [6, 6.07) is 3.26. The highest BCUT2D eigenvalue weighted by Crippen LogP contribution is 2.29. The third kappa shape index (κ3) is 2.97. The van der Waals surface area contributed by atoms with Crippen molar-refractivity contribution in [3.05, 3.63) is 17.9 Å². The number of rotatable bonds is 4. The maximum Gasteiger partial charge on any atom is 0.197 e. The predicted octanol–water partition coefficient (Wildman–Crippen LogP) is 1.80. The van der Waals surface area contributed by atoms with E-state index in [4.69, 9.17) is 4.42 Å². The lowest BCUT2D eigenvalue weighted by molar-refractivity contribution is 0.0987. The van der Waals surface area contributed by atoms with Crippen LogP contribution in [0.4, 0.5) is 5.88 Å². The second-order valence-electron chi connectivity index (χ2n) is 4.37.